The van der Waals surface area contributed by atoms with E-state index in [-0.39, 0.29) is 5.91 Å². The van der Waals surface area contributed by atoms with Crippen molar-refractivity contribution in [2.75, 3.05) is 6.61 Å². The smallest absolute Gasteiger partial charge is 0.267 e. The highest BCUT2D eigenvalue weighted by Gasteiger charge is 2.33. The molecule has 1 heterocycles. The summed E-state index contributed by atoms with van der Waals surface area (Å²) in [4.78, 5) is 20.7. The van der Waals surface area contributed by atoms with Gasteiger partial charge in [0.1, 0.15) is 6.61 Å². The fourth-order valence-electron chi connectivity index (χ4n) is 4.00. The molecule has 0 radical (unpaired) electrons. The van der Waals surface area contributed by atoms with Crippen LogP contribution in [0.5, 0.6) is 11.5 Å². The molecule has 0 unspecified atom stereocenters. The van der Waals surface area contributed by atoms with E-state index in [1.165, 1.54) is 11.8 Å². The Morgan fingerprint density at radius 1 is 0.789 bits per heavy atom. The second-order valence-corrected chi connectivity index (χ2v) is 9.64. The van der Waals surface area contributed by atoms with E-state index in [0.29, 0.717) is 41.3 Å². The first-order valence-corrected chi connectivity index (χ1v) is 13.3. The Bertz CT molecular complexity index is 1440. The molecule has 0 bridgehead atoms. The number of hydrogen-bond acceptors (Lipinski definition) is 5. The molecule has 4 aromatic rings. The minimum atomic E-state index is -0.0732. The Balaban J connectivity index is 1.42. The molecule has 0 N–H and O–H groups in total. The number of amidine groups is 1. The highest BCUT2D eigenvalue weighted by molar-refractivity contribution is 8.18. The number of rotatable bonds is 9. The van der Waals surface area contributed by atoms with E-state index < -0.39 is 0 Å². The van der Waals surface area contributed by atoms with E-state index in [1.807, 2.05) is 122 Å². The fraction of sp³-hybridized carbons (Fsp3) is 0.125. The summed E-state index contributed by atoms with van der Waals surface area (Å²) in [5, 5.41) is 0.657. The van der Waals surface area contributed by atoms with E-state index in [1.54, 1.807) is 4.90 Å². The lowest BCUT2D eigenvalue weighted by Gasteiger charge is -2.15. The van der Waals surface area contributed by atoms with Gasteiger partial charge < -0.3 is 9.47 Å². The summed E-state index contributed by atoms with van der Waals surface area (Å²) in [5.41, 5.74) is 3.79. The van der Waals surface area contributed by atoms with Gasteiger partial charge in [-0.1, -0.05) is 84.9 Å². The first-order valence-electron chi connectivity index (χ1n) is 12.5. The van der Waals surface area contributed by atoms with Crippen LogP contribution in [0.4, 0.5) is 5.69 Å². The van der Waals surface area contributed by atoms with Crippen molar-refractivity contribution in [3.05, 3.63) is 131 Å². The second-order valence-electron chi connectivity index (χ2n) is 8.63. The van der Waals surface area contributed by atoms with Gasteiger partial charge in [-0.3, -0.25) is 9.69 Å². The maximum atomic E-state index is 13.6. The normalized spacial score (nSPS) is 15.3. The van der Waals surface area contributed by atoms with E-state index in [2.05, 4.69) is 0 Å². The minimum Gasteiger partial charge on any atom is -0.490 e. The summed E-state index contributed by atoms with van der Waals surface area (Å²) >= 11 is 1.38. The fourth-order valence-corrected chi connectivity index (χ4v) is 5.00. The average molecular weight is 521 g/mol. The Hall–Kier alpha value is -4.29. The predicted molar refractivity (Wildman–Crippen MR) is 154 cm³/mol. The van der Waals surface area contributed by atoms with Crippen LogP contribution in [0.1, 0.15) is 23.6 Å². The maximum absolute atomic E-state index is 13.6. The molecule has 0 atom stereocenters. The van der Waals surface area contributed by atoms with E-state index in [9.17, 15) is 4.79 Å². The summed E-state index contributed by atoms with van der Waals surface area (Å²) in [6, 6.07) is 35.4. The van der Waals surface area contributed by atoms with Gasteiger partial charge in [0.05, 0.1) is 23.7 Å². The standard InChI is InChI=1S/C32H28N2O3S/c1-2-36-29-20-26(18-19-28(29)37-23-25-14-8-4-9-15-25)21-30-31(35)34(22-24-12-6-3-7-13-24)32(38-30)33-27-16-10-5-11-17-27/h3-21H,2,22-23H2,1H3/b30-21-,33-32?. The van der Waals surface area contributed by atoms with Crippen molar-refractivity contribution < 1.29 is 14.3 Å². The Kier molecular flexibility index (Phi) is 8.21. The number of para-hydroxylation sites is 1. The number of carbonyl (C=O) groups is 1. The van der Waals surface area contributed by atoms with Gasteiger partial charge >= 0.3 is 0 Å². The van der Waals surface area contributed by atoms with E-state index in [4.69, 9.17) is 14.5 Å². The third-order valence-electron chi connectivity index (χ3n) is 5.86. The van der Waals surface area contributed by atoms with Crippen molar-refractivity contribution in [3.63, 3.8) is 0 Å². The third kappa shape index (κ3) is 6.33. The summed E-state index contributed by atoms with van der Waals surface area (Å²) in [7, 11) is 0. The predicted octanol–water partition coefficient (Wildman–Crippen LogP) is 7.47. The highest BCUT2D eigenvalue weighted by atomic mass is 32.2. The van der Waals surface area contributed by atoms with Crippen LogP contribution in [-0.2, 0) is 17.9 Å². The van der Waals surface area contributed by atoms with Gasteiger partial charge in [-0.15, -0.1) is 0 Å². The summed E-state index contributed by atoms with van der Waals surface area (Å²) in [5.74, 6) is 1.24. The third-order valence-corrected chi connectivity index (χ3v) is 6.86. The minimum absolute atomic E-state index is 0.0732. The first kappa shape index (κ1) is 25.4. The summed E-state index contributed by atoms with van der Waals surface area (Å²) in [6.07, 6.45) is 1.89. The number of nitrogens with zero attached hydrogens (tertiary/aromatic N) is 2. The molecular weight excluding hydrogens is 492 g/mol. The molecule has 5 rings (SSSR count). The molecule has 0 saturated carbocycles. The lowest BCUT2D eigenvalue weighted by atomic mass is 10.1. The molecule has 5 nitrogen and oxygen atoms in total. The molecular formula is C32H28N2O3S. The van der Waals surface area contributed by atoms with Gasteiger partial charge in [0.25, 0.3) is 5.91 Å². The quantitative estimate of drug-likeness (QED) is 0.215. The lowest BCUT2D eigenvalue weighted by Crippen LogP contribution is -2.28. The van der Waals surface area contributed by atoms with Crippen molar-refractivity contribution in [1.29, 1.82) is 0 Å². The Morgan fingerprint density at radius 2 is 1.45 bits per heavy atom. The van der Waals surface area contributed by atoms with E-state index >= 15 is 0 Å². The molecule has 1 aliphatic rings. The van der Waals surface area contributed by atoms with Gasteiger partial charge in [0.15, 0.2) is 16.7 Å². The molecule has 1 fully saturated rings. The number of carbonyl (C=O) groups excluding carboxylic acids is 1. The molecule has 6 heteroatoms. The zero-order chi connectivity index (χ0) is 26.2. The largest absolute Gasteiger partial charge is 0.490 e. The molecule has 1 amide bonds. The van der Waals surface area contributed by atoms with Crippen LogP contribution in [0.2, 0.25) is 0 Å². The number of hydrogen-bond donors (Lipinski definition) is 0. The van der Waals surface area contributed by atoms with Gasteiger partial charge in [-0.25, -0.2) is 4.99 Å². The molecule has 1 saturated heterocycles. The molecule has 38 heavy (non-hydrogen) atoms. The molecule has 4 aromatic carbocycles. The molecule has 0 spiro atoms. The Morgan fingerprint density at radius 3 is 2.13 bits per heavy atom. The maximum Gasteiger partial charge on any atom is 0.267 e. The van der Waals surface area contributed by atoms with Crippen LogP contribution < -0.4 is 9.47 Å². The number of amides is 1. The Labute approximate surface area is 227 Å². The van der Waals surface area contributed by atoms with Crippen molar-refractivity contribution >= 4 is 34.6 Å². The second kappa shape index (κ2) is 12.3. The monoisotopic (exact) mass is 520 g/mol. The summed E-state index contributed by atoms with van der Waals surface area (Å²) < 4.78 is 11.9. The number of benzene rings is 4. The molecule has 190 valence electrons. The van der Waals surface area contributed by atoms with Crippen molar-refractivity contribution in [1.82, 2.24) is 4.90 Å². The van der Waals surface area contributed by atoms with Crippen LogP contribution in [0.25, 0.3) is 6.08 Å². The van der Waals surface area contributed by atoms with E-state index in [0.717, 1.165) is 22.4 Å². The number of aliphatic imine (C=N–C) groups is 1. The van der Waals surface area contributed by atoms with Gasteiger partial charge in [0.2, 0.25) is 0 Å². The molecule has 0 aromatic heterocycles. The van der Waals surface area contributed by atoms with Crippen molar-refractivity contribution in [2.24, 2.45) is 4.99 Å². The van der Waals surface area contributed by atoms with Crippen LogP contribution in [0.3, 0.4) is 0 Å². The van der Waals surface area contributed by atoms with Crippen LogP contribution in [-0.4, -0.2) is 22.6 Å². The van der Waals surface area contributed by atoms with Crippen LogP contribution in [0, 0.1) is 0 Å². The molecule has 0 aliphatic carbocycles. The zero-order valence-corrected chi connectivity index (χ0v) is 21.9. The lowest BCUT2D eigenvalue weighted by molar-refractivity contribution is -0.122. The van der Waals surface area contributed by atoms with Gasteiger partial charge in [-0.2, -0.15) is 0 Å². The highest BCUT2D eigenvalue weighted by Crippen LogP contribution is 2.37. The van der Waals surface area contributed by atoms with Crippen molar-refractivity contribution in [3.8, 4) is 11.5 Å². The van der Waals surface area contributed by atoms with Crippen LogP contribution >= 0.6 is 11.8 Å². The summed E-state index contributed by atoms with van der Waals surface area (Å²) in [6.45, 7) is 3.35. The van der Waals surface area contributed by atoms with Gasteiger partial charge in [-0.05, 0) is 65.7 Å². The average Bonchev–Trinajstić information content (AvgIpc) is 3.23. The van der Waals surface area contributed by atoms with Gasteiger partial charge in [0, 0.05) is 0 Å². The van der Waals surface area contributed by atoms with Crippen molar-refractivity contribution in [2.45, 2.75) is 20.1 Å². The first-order chi connectivity index (χ1) is 18.7. The SMILES string of the molecule is CCOc1cc(/C=C2\SC(=Nc3ccccc3)N(Cc3ccccc3)C2=O)ccc1OCc1ccccc1. The zero-order valence-electron chi connectivity index (χ0n) is 21.1. The molecule has 1 aliphatic heterocycles. The number of thioether (sulfide) groups is 1. The number of ether oxygens (including phenoxy) is 2. The topological polar surface area (TPSA) is 51.1 Å². The van der Waals surface area contributed by atoms with Crippen LogP contribution in [0.15, 0.2) is 119 Å².